The van der Waals surface area contributed by atoms with Crippen LogP contribution in [0.25, 0.3) is 0 Å². The number of piperazine rings is 1. The number of nitrogens with one attached hydrogen (secondary N) is 1. The van der Waals surface area contributed by atoms with Crippen molar-refractivity contribution in [2.24, 2.45) is 0 Å². The fraction of sp³-hybridized carbons (Fsp3) is 0.368. The van der Waals surface area contributed by atoms with Crippen LogP contribution >= 0.6 is 0 Å². The number of aromatic nitrogens is 1. The lowest BCUT2D eigenvalue weighted by molar-refractivity contribution is 0.102. The third-order valence-corrected chi connectivity index (χ3v) is 4.53. The van der Waals surface area contributed by atoms with E-state index in [-0.39, 0.29) is 5.91 Å². The maximum absolute atomic E-state index is 12.2. The van der Waals surface area contributed by atoms with Crippen LogP contribution in [0.5, 0.6) is 0 Å². The molecule has 1 aliphatic heterocycles. The van der Waals surface area contributed by atoms with Crippen molar-refractivity contribution in [3.8, 4) is 0 Å². The maximum atomic E-state index is 12.2. The fourth-order valence-electron chi connectivity index (χ4n) is 2.99. The number of nitrogen functional groups attached to an aromatic ring is 1. The van der Waals surface area contributed by atoms with Gasteiger partial charge in [-0.25, -0.2) is 4.98 Å². The van der Waals surface area contributed by atoms with Gasteiger partial charge in [0.25, 0.3) is 5.91 Å². The van der Waals surface area contributed by atoms with E-state index >= 15 is 0 Å². The average Bonchev–Trinajstić information content (AvgIpc) is 2.64. The molecule has 1 fully saturated rings. The summed E-state index contributed by atoms with van der Waals surface area (Å²) < 4.78 is 0. The number of carbonyl (C=O) groups is 1. The topological polar surface area (TPSA) is 74.5 Å². The number of nitrogens with two attached hydrogens (primary N) is 1. The lowest BCUT2D eigenvalue weighted by Crippen LogP contribution is -2.45. The summed E-state index contributed by atoms with van der Waals surface area (Å²) in [6, 6.07) is 13.0. The summed E-state index contributed by atoms with van der Waals surface area (Å²) in [7, 11) is 0. The van der Waals surface area contributed by atoms with E-state index in [0.29, 0.717) is 11.5 Å². The predicted octanol–water partition coefficient (Wildman–Crippen LogP) is 2.05. The van der Waals surface area contributed by atoms with Crippen LogP contribution in [0, 0.1) is 0 Å². The van der Waals surface area contributed by atoms with Crippen LogP contribution in [-0.4, -0.2) is 53.4 Å². The van der Waals surface area contributed by atoms with Crippen molar-refractivity contribution in [3.63, 3.8) is 0 Å². The summed E-state index contributed by atoms with van der Waals surface area (Å²) in [4.78, 5) is 21.2. The van der Waals surface area contributed by atoms with Crippen molar-refractivity contribution in [2.45, 2.75) is 13.5 Å². The van der Waals surface area contributed by atoms with Gasteiger partial charge in [-0.3, -0.25) is 9.69 Å². The summed E-state index contributed by atoms with van der Waals surface area (Å²) in [6.07, 6.45) is 0. The van der Waals surface area contributed by atoms with Crippen LogP contribution < -0.4 is 11.1 Å². The molecule has 0 aliphatic carbocycles. The molecule has 6 nitrogen and oxygen atoms in total. The van der Waals surface area contributed by atoms with Crippen LogP contribution in [0.2, 0.25) is 0 Å². The summed E-state index contributed by atoms with van der Waals surface area (Å²) in [5.41, 5.74) is 7.95. The molecule has 1 saturated heterocycles. The first-order valence-corrected chi connectivity index (χ1v) is 8.71. The van der Waals surface area contributed by atoms with Crippen LogP contribution in [0.15, 0.2) is 42.5 Å². The molecule has 6 heteroatoms. The van der Waals surface area contributed by atoms with Gasteiger partial charge in [0.05, 0.1) is 0 Å². The zero-order valence-corrected chi connectivity index (χ0v) is 14.6. The molecule has 3 rings (SSSR count). The number of benzene rings is 1. The SMILES string of the molecule is CCN1CCN(Cc2ccc(NC(=O)c3cccc(N)n3)cc2)CC1. The summed E-state index contributed by atoms with van der Waals surface area (Å²) in [5, 5.41) is 2.85. The molecule has 0 bridgehead atoms. The van der Waals surface area contributed by atoms with Crippen molar-refractivity contribution in [1.29, 1.82) is 0 Å². The van der Waals surface area contributed by atoms with Crippen molar-refractivity contribution < 1.29 is 4.79 Å². The Morgan fingerprint density at radius 2 is 1.76 bits per heavy atom. The van der Waals surface area contributed by atoms with Gasteiger partial charge in [0.1, 0.15) is 11.5 Å². The maximum Gasteiger partial charge on any atom is 0.274 e. The lowest BCUT2D eigenvalue weighted by atomic mass is 10.1. The monoisotopic (exact) mass is 339 g/mol. The molecule has 132 valence electrons. The zero-order valence-electron chi connectivity index (χ0n) is 14.6. The first kappa shape index (κ1) is 17.4. The highest BCUT2D eigenvalue weighted by Crippen LogP contribution is 2.14. The Labute approximate surface area is 148 Å². The second-order valence-electron chi connectivity index (χ2n) is 6.31. The van der Waals surface area contributed by atoms with Crippen LogP contribution in [-0.2, 0) is 6.54 Å². The zero-order chi connectivity index (χ0) is 17.6. The molecular weight excluding hydrogens is 314 g/mol. The van der Waals surface area contributed by atoms with Gasteiger partial charge in [-0.15, -0.1) is 0 Å². The largest absolute Gasteiger partial charge is 0.384 e. The smallest absolute Gasteiger partial charge is 0.274 e. The van der Waals surface area contributed by atoms with E-state index in [4.69, 9.17) is 5.73 Å². The summed E-state index contributed by atoms with van der Waals surface area (Å²) >= 11 is 0. The normalized spacial score (nSPS) is 15.9. The van der Waals surface area contributed by atoms with Gasteiger partial charge < -0.3 is 16.0 Å². The quantitative estimate of drug-likeness (QED) is 0.872. The highest BCUT2D eigenvalue weighted by Gasteiger charge is 2.15. The Morgan fingerprint density at radius 1 is 1.08 bits per heavy atom. The van der Waals surface area contributed by atoms with Gasteiger partial charge in [0.2, 0.25) is 0 Å². The molecule has 0 unspecified atom stereocenters. The molecule has 3 N–H and O–H groups in total. The van der Waals surface area contributed by atoms with E-state index in [9.17, 15) is 4.79 Å². The second kappa shape index (κ2) is 8.09. The molecule has 0 atom stereocenters. The highest BCUT2D eigenvalue weighted by atomic mass is 16.1. The summed E-state index contributed by atoms with van der Waals surface area (Å²) in [6.45, 7) is 8.77. The van der Waals surface area contributed by atoms with Crippen molar-refractivity contribution >= 4 is 17.4 Å². The van der Waals surface area contributed by atoms with Gasteiger partial charge in [-0.05, 0) is 36.4 Å². The molecule has 1 amide bonds. The van der Waals surface area contributed by atoms with E-state index in [1.807, 2.05) is 12.1 Å². The summed E-state index contributed by atoms with van der Waals surface area (Å²) in [5.74, 6) is 0.0851. The number of rotatable bonds is 5. The van der Waals surface area contributed by atoms with Crippen LogP contribution in [0.1, 0.15) is 23.0 Å². The molecule has 25 heavy (non-hydrogen) atoms. The second-order valence-corrected chi connectivity index (χ2v) is 6.31. The van der Waals surface area contributed by atoms with Crippen LogP contribution in [0.4, 0.5) is 11.5 Å². The number of pyridine rings is 1. The van der Waals surface area contributed by atoms with Gasteiger partial charge in [0.15, 0.2) is 0 Å². The van der Waals surface area contributed by atoms with E-state index in [0.717, 1.165) is 45.0 Å². The first-order valence-electron chi connectivity index (χ1n) is 8.71. The standard InChI is InChI=1S/C19H25N5O/c1-2-23-10-12-24(13-11-23)14-15-6-8-16(9-7-15)21-19(25)17-4-3-5-18(20)22-17/h3-9H,2,10-14H2,1H3,(H2,20,22)(H,21,25). The Morgan fingerprint density at radius 3 is 2.40 bits per heavy atom. The molecule has 2 heterocycles. The Hall–Kier alpha value is -2.44. The predicted molar refractivity (Wildman–Crippen MR) is 100 cm³/mol. The third-order valence-electron chi connectivity index (χ3n) is 4.53. The molecule has 1 aromatic carbocycles. The van der Waals surface area contributed by atoms with Crippen molar-refractivity contribution in [2.75, 3.05) is 43.8 Å². The molecule has 2 aromatic rings. The molecule has 1 aromatic heterocycles. The number of hydrogen-bond donors (Lipinski definition) is 2. The first-order chi connectivity index (χ1) is 12.1. The number of anilines is 2. The van der Waals surface area contributed by atoms with Gasteiger partial charge in [-0.1, -0.05) is 25.1 Å². The van der Waals surface area contributed by atoms with Gasteiger partial charge in [-0.2, -0.15) is 0 Å². The van der Waals surface area contributed by atoms with Gasteiger partial charge in [0, 0.05) is 38.4 Å². The van der Waals surface area contributed by atoms with Crippen molar-refractivity contribution in [1.82, 2.24) is 14.8 Å². The molecule has 1 aliphatic rings. The molecular formula is C19H25N5O. The highest BCUT2D eigenvalue weighted by molar-refractivity contribution is 6.03. The Kier molecular flexibility index (Phi) is 5.63. The third kappa shape index (κ3) is 4.78. The molecule has 0 radical (unpaired) electrons. The average molecular weight is 339 g/mol. The minimum atomic E-state index is -0.254. The van der Waals surface area contributed by atoms with E-state index < -0.39 is 0 Å². The van der Waals surface area contributed by atoms with Gasteiger partial charge >= 0.3 is 0 Å². The molecule has 0 saturated carbocycles. The number of likely N-dealkylation sites (N-methyl/N-ethyl adjacent to an activating group) is 1. The fourth-order valence-corrected chi connectivity index (χ4v) is 2.99. The van der Waals surface area contributed by atoms with Crippen LogP contribution in [0.3, 0.4) is 0 Å². The number of hydrogen-bond acceptors (Lipinski definition) is 5. The Balaban J connectivity index is 1.54. The Bertz CT molecular complexity index is 708. The van der Waals surface area contributed by atoms with E-state index in [1.165, 1.54) is 5.56 Å². The minimum absolute atomic E-state index is 0.254. The van der Waals surface area contributed by atoms with E-state index in [2.05, 4.69) is 39.2 Å². The minimum Gasteiger partial charge on any atom is -0.384 e. The number of amides is 1. The lowest BCUT2D eigenvalue weighted by Gasteiger charge is -2.34. The molecule has 0 spiro atoms. The van der Waals surface area contributed by atoms with E-state index in [1.54, 1.807) is 18.2 Å². The number of carbonyl (C=O) groups excluding carboxylic acids is 1. The number of nitrogens with zero attached hydrogens (tertiary/aromatic N) is 3. The van der Waals surface area contributed by atoms with Crippen molar-refractivity contribution in [3.05, 3.63) is 53.7 Å².